The molecule has 2 aliphatic rings. The van der Waals surface area contributed by atoms with Crippen molar-refractivity contribution in [3.8, 4) is 5.75 Å². The average molecular weight is 507 g/mol. The highest BCUT2D eigenvalue weighted by Crippen LogP contribution is 2.54. The van der Waals surface area contributed by atoms with Crippen molar-refractivity contribution >= 4 is 18.0 Å². The molecule has 0 N–H and O–H groups in total. The number of benzene rings is 1. The SMILES string of the molecule is C=CCN1CC[C@@]2(c3cccc(OC(C)=O)c3)C[C@@H](N(C)C(=O)/C=C/c3ccoc3C)CC[C@]2(OC)C1. The van der Waals surface area contributed by atoms with E-state index in [1.165, 1.54) is 6.92 Å². The van der Waals surface area contributed by atoms with Crippen molar-refractivity contribution in [2.45, 2.75) is 56.6 Å². The Balaban J connectivity index is 1.67. The Morgan fingerprint density at radius 3 is 2.78 bits per heavy atom. The second-order valence-electron chi connectivity index (χ2n) is 10.3. The van der Waals surface area contributed by atoms with Crippen LogP contribution in [0.2, 0.25) is 0 Å². The van der Waals surface area contributed by atoms with Gasteiger partial charge in [0.2, 0.25) is 5.91 Å². The summed E-state index contributed by atoms with van der Waals surface area (Å²) in [7, 11) is 3.68. The maximum Gasteiger partial charge on any atom is 0.308 e. The number of piperidine rings is 1. The van der Waals surface area contributed by atoms with Gasteiger partial charge in [-0.15, -0.1) is 6.58 Å². The van der Waals surface area contributed by atoms with E-state index >= 15 is 0 Å². The van der Waals surface area contributed by atoms with Crippen molar-refractivity contribution in [1.82, 2.24) is 9.80 Å². The molecule has 1 aliphatic heterocycles. The van der Waals surface area contributed by atoms with E-state index in [1.54, 1.807) is 19.4 Å². The van der Waals surface area contributed by atoms with Gasteiger partial charge in [-0.25, -0.2) is 0 Å². The number of likely N-dealkylation sites (N-methyl/N-ethyl adjacent to an activating group) is 1. The molecule has 0 bridgehead atoms. The smallest absolute Gasteiger partial charge is 0.308 e. The molecule has 3 atom stereocenters. The summed E-state index contributed by atoms with van der Waals surface area (Å²) in [5.74, 6) is 0.929. The standard InChI is InChI=1S/C30H38N2O5/c1-6-16-32-17-15-29(25-8-7-9-27(19-25)37-23(3)33)20-26(12-14-30(29,21-32)35-5)31(4)28(34)11-10-24-13-18-36-22(24)2/h6-11,13,18-19,26H,1,12,14-17,20-21H2,2-5H3/b11-10+/t26-,29-,30-/m0/s1. The summed E-state index contributed by atoms with van der Waals surface area (Å²) < 4.78 is 17.2. The van der Waals surface area contributed by atoms with Gasteiger partial charge in [-0.05, 0) is 69.0 Å². The van der Waals surface area contributed by atoms with Crippen molar-refractivity contribution < 1.29 is 23.5 Å². The third-order valence-electron chi connectivity index (χ3n) is 8.30. The maximum atomic E-state index is 13.2. The Morgan fingerprint density at radius 1 is 1.30 bits per heavy atom. The quantitative estimate of drug-likeness (QED) is 0.223. The zero-order valence-electron chi connectivity index (χ0n) is 22.4. The Kier molecular flexibility index (Phi) is 8.05. The number of furan rings is 1. The predicted molar refractivity (Wildman–Crippen MR) is 143 cm³/mol. The van der Waals surface area contributed by atoms with Gasteiger partial charge in [0.25, 0.3) is 0 Å². The van der Waals surface area contributed by atoms with Crippen LogP contribution in [0, 0.1) is 6.92 Å². The highest BCUT2D eigenvalue weighted by molar-refractivity contribution is 5.92. The number of methoxy groups -OCH3 is 1. The second kappa shape index (κ2) is 11.1. The van der Waals surface area contributed by atoms with Crippen LogP contribution in [-0.2, 0) is 19.7 Å². The fourth-order valence-corrected chi connectivity index (χ4v) is 6.28. The van der Waals surface area contributed by atoms with Crippen molar-refractivity contribution in [3.05, 3.63) is 72.2 Å². The molecule has 37 heavy (non-hydrogen) atoms. The number of hydrogen-bond donors (Lipinski definition) is 0. The van der Waals surface area contributed by atoms with Gasteiger partial charge in [0.1, 0.15) is 11.5 Å². The van der Waals surface area contributed by atoms with E-state index in [0.717, 1.165) is 62.2 Å². The Hall–Kier alpha value is -3.16. The lowest BCUT2D eigenvalue weighted by Crippen LogP contribution is -2.68. The molecule has 4 rings (SSSR count). The Bertz CT molecular complexity index is 1170. The van der Waals surface area contributed by atoms with Crippen LogP contribution in [0.3, 0.4) is 0 Å². The predicted octanol–water partition coefficient (Wildman–Crippen LogP) is 4.75. The summed E-state index contributed by atoms with van der Waals surface area (Å²) in [5.41, 5.74) is 1.20. The van der Waals surface area contributed by atoms with Crippen molar-refractivity contribution in [2.24, 2.45) is 0 Å². The van der Waals surface area contributed by atoms with Crippen LogP contribution in [0.15, 0.2) is 59.7 Å². The third kappa shape index (κ3) is 5.29. The van der Waals surface area contributed by atoms with Gasteiger partial charge in [0, 0.05) is 57.3 Å². The van der Waals surface area contributed by atoms with Crippen LogP contribution in [0.5, 0.6) is 5.75 Å². The number of fused-ring (bicyclic) bond motifs is 1. The van der Waals surface area contributed by atoms with Gasteiger partial charge < -0.3 is 18.8 Å². The van der Waals surface area contributed by atoms with E-state index in [-0.39, 0.29) is 23.3 Å². The summed E-state index contributed by atoms with van der Waals surface area (Å²) in [6, 6.07) is 9.72. The first-order valence-electron chi connectivity index (χ1n) is 12.9. The largest absolute Gasteiger partial charge is 0.469 e. The molecule has 2 aromatic rings. The molecule has 1 aromatic carbocycles. The van der Waals surface area contributed by atoms with E-state index in [9.17, 15) is 9.59 Å². The van der Waals surface area contributed by atoms with Crippen LogP contribution in [0.25, 0.3) is 6.08 Å². The minimum atomic E-state index is -0.437. The third-order valence-corrected chi connectivity index (χ3v) is 8.30. The topological polar surface area (TPSA) is 72.2 Å². The second-order valence-corrected chi connectivity index (χ2v) is 10.3. The lowest BCUT2D eigenvalue weighted by atomic mass is 9.55. The van der Waals surface area contributed by atoms with Crippen LogP contribution in [-0.4, -0.2) is 67.1 Å². The van der Waals surface area contributed by atoms with Crippen LogP contribution in [0.1, 0.15) is 49.5 Å². The molecule has 1 aliphatic carbocycles. The van der Waals surface area contributed by atoms with Gasteiger partial charge in [-0.2, -0.15) is 0 Å². The number of hydrogen-bond acceptors (Lipinski definition) is 6. The molecule has 0 unspecified atom stereocenters. The van der Waals surface area contributed by atoms with E-state index in [0.29, 0.717) is 5.75 Å². The van der Waals surface area contributed by atoms with E-state index in [1.807, 2.05) is 55.3 Å². The summed E-state index contributed by atoms with van der Waals surface area (Å²) >= 11 is 0. The van der Waals surface area contributed by atoms with Crippen LogP contribution in [0.4, 0.5) is 0 Å². The lowest BCUT2D eigenvalue weighted by molar-refractivity contribution is -0.157. The van der Waals surface area contributed by atoms with Crippen molar-refractivity contribution in [2.75, 3.05) is 33.8 Å². The van der Waals surface area contributed by atoms with Gasteiger partial charge in [0.15, 0.2) is 0 Å². The number of ether oxygens (including phenoxy) is 2. The molecule has 1 aromatic heterocycles. The van der Waals surface area contributed by atoms with Gasteiger partial charge in [-0.1, -0.05) is 18.2 Å². The number of carbonyl (C=O) groups excluding carboxylic acids is 2. The number of nitrogens with zero attached hydrogens (tertiary/aromatic N) is 2. The molecule has 1 saturated heterocycles. The zero-order chi connectivity index (χ0) is 26.6. The maximum absolute atomic E-state index is 13.2. The average Bonchev–Trinajstić information content (AvgIpc) is 3.30. The summed E-state index contributed by atoms with van der Waals surface area (Å²) in [4.78, 5) is 29.1. The zero-order valence-corrected chi connectivity index (χ0v) is 22.4. The highest BCUT2D eigenvalue weighted by atomic mass is 16.5. The first-order valence-corrected chi connectivity index (χ1v) is 12.9. The number of aryl methyl sites for hydroxylation is 1. The molecule has 1 saturated carbocycles. The molecule has 7 heteroatoms. The highest BCUT2D eigenvalue weighted by Gasteiger charge is 2.59. The first kappa shape index (κ1) is 26.9. The van der Waals surface area contributed by atoms with E-state index < -0.39 is 5.60 Å². The summed E-state index contributed by atoms with van der Waals surface area (Å²) in [5, 5.41) is 0. The number of esters is 1. The van der Waals surface area contributed by atoms with Crippen LogP contribution >= 0.6 is 0 Å². The van der Waals surface area contributed by atoms with Gasteiger partial charge in [-0.3, -0.25) is 14.5 Å². The Morgan fingerprint density at radius 2 is 2.11 bits per heavy atom. The number of carbonyl (C=O) groups is 2. The normalized spacial score (nSPS) is 26.0. The molecule has 7 nitrogen and oxygen atoms in total. The Labute approximate surface area is 219 Å². The molecule has 2 heterocycles. The number of likely N-dealkylation sites (tertiary alicyclic amines) is 1. The van der Waals surface area contributed by atoms with Crippen molar-refractivity contribution in [3.63, 3.8) is 0 Å². The lowest BCUT2D eigenvalue weighted by Gasteiger charge is -2.60. The fourth-order valence-electron chi connectivity index (χ4n) is 6.28. The number of amides is 1. The van der Waals surface area contributed by atoms with Crippen LogP contribution < -0.4 is 4.74 Å². The molecule has 1 amide bonds. The first-order chi connectivity index (χ1) is 17.7. The molecule has 0 spiro atoms. The minimum absolute atomic E-state index is 0.0363. The fraction of sp³-hybridized carbons (Fsp3) is 0.467. The minimum Gasteiger partial charge on any atom is -0.469 e. The summed E-state index contributed by atoms with van der Waals surface area (Å²) in [6.07, 6.45) is 10.3. The molecular formula is C30H38N2O5. The van der Waals surface area contributed by atoms with E-state index in [2.05, 4.69) is 17.5 Å². The van der Waals surface area contributed by atoms with E-state index in [4.69, 9.17) is 13.9 Å². The molecule has 198 valence electrons. The van der Waals surface area contributed by atoms with Gasteiger partial charge in [0.05, 0.1) is 11.9 Å². The summed E-state index contributed by atoms with van der Waals surface area (Å²) in [6.45, 7) is 9.69. The molecule has 2 fully saturated rings. The monoisotopic (exact) mass is 506 g/mol. The number of rotatable bonds is 8. The molecule has 0 radical (unpaired) electrons. The van der Waals surface area contributed by atoms with Gasteiger partial charge >= 0.3 is 5.97 Å². The van der Waals surface area contributed by atoms with Crippen molar-refractivity contribution in [1.29, 1.82) is 0 Å². The molecular weight excluding hydrogens is 468 g/mol.